The van der Waals surface area contributed by atoms with Crippen molar-refractivity contribution in [1.29, 1.82) is 0 Å². The minimum Gasteiger partial charge on any atom is -0.345 e. The van der Waals surface area contributed by atoms with Crippen LogP contribution in [0.1, 0.15) is 42.2 Å². The number of benzene rings is 1. The Kier molecular flexibility index (Phi) is 5.50. The van der Waals surface area contributed by atoms with Crippen LogP contribution in [0.4, 0.5) is 4.39 Å². The topological polar surface area (TPSA) is 42.0 Å². The summed E-state index contributed by atoms with van der Waals surface area (Å²) in [4.78, 5) is 16.4. The van der Waals surface area contributed by atoms with E-state index < -0.39 is 11.7 Å². The second-order valence-electron chi connectivity index (χ2n) is 5.57. The van der Waals surface area contributed by atoms with Gasteiger partial charge in [0.15, 0.2) is 0 Å². The van der Waals surface area contributed by atoms with E-state index in [0.29, 0.717) is 5.92 Å². The monoisotopic (exact) mass is 320 g/mol. The number of rotatable bonds is 5. The van der Waals surface area contributed by atoms with Crippen molar-refractivity contribution < 1.29 is 9.18 Å². The van der Waals surface area contributed by atoms with E-state index in [1.54, 1.807) is 12.4 Å². The van der Waals surface area contributed by atoms with Gasteiger partial charge in [0.05, 0.1) is 11.6 Å². The molecule has 1 aromatic heterocycles. The Morgan fingerprint density at radius 3 is 2.73 bits per heavy atom. The van der Waals surface area contributed by atoms with Gasteiger partial charge in [-0.15, -0.1) is 0 Å². The van der Waals surface area contributed by atoms with E-state index in [-0.39, 0.29) is 16.6 Å². The van der Waals surface area contributed by atoms with Crippen molar-refractivity contribution in [3.63, 3.8) is 0 Å². The van der Waals surface area contributed by atoms with Crippen LogP contribution in [0, 0.1) is 11.7 Å². The molecular weight excluding hydrogens is 303 g/mol. The molecule has 0 spiro atoms. The lowest BCUT2D eigenvalue weighted by atomic mass is 9.98. The predicted molar refractivity (Wildman–Crippen MR) is 85.3 cm³/mol. The van der Waals surface area contributed by atoms with Crippen LogP contribution in [-0.2, 0) is 0 Å². The zero-order valence-corrected chi connectivity index (χ0v) is 13.3. The van der Waals surface area contributed by atoms with Crippen LogP contribution in [0.2, 0.25) is 5.02 Å². The van der Waals surface area contributed by atoms with Gasteiger partial charge in [-0.2, -0.15) is 0 Å². The normalized spacial score (nSPS) is 12.2. The average Bonchev–Trinajstić information content (AvgIpc) is 2.46. The number of carbonyl (C=O) groups is 1. The van der Waals surface area contributed by atoms with Gasteiger partial charge in [0.2, 0.25) is 0 Å². The molecule has 5 heteroatoms. The molecule has 0 bridgehead atoms. The van der Waals surface area contributed by atoms with Gasteiger partial charge in [-0.25, -0.2) is 4.39 Å². The van der Waals surface area contributed by atoms with E-state index in [2.05, 4.69) is 24.1 Å². The fourth-order valence-electron chi connectivity index (χ4n) is 2.24. The summed E-state index contributed by atoms with van der Waals surface area (Å²) in [5.41, 5.74) is 0.890. The van der Waals surface area contributed by atoms with Gasteiger partial charge >= 0.3 is 0 Å². The number of nitrogens with zero attached hydrogens (tertiary/aromatic N) is 1. The maximum Gasteiger partial charge on any atom is 0.254 e. The maximum absolute atomic E-state index is 13.9. The number of hydrogen-bond donors (Lipinski definition) is 1. The fourth-order valence-corrected chi connectivity index (χ4v) is 2.40. The average molecular weight is 321 g/mol. The first-order chi connectivity index (χ1) is 10.5. The number of pyridine rings is 1. The molecule has 1 aromatic carbocycles. The Hall–Kier alpha value is -1.94. The lowest BCUT2D eigenvalue weighted by Crippen LogP contribution is -2.30. The molecule has 1 amide bonds. The molecule has 1 atom stereocenters. The molecule has 0 radical (unpaired) electrons. The van der Waals surface area contributed by atoms with Gasteiger partial charge in [-0.3, -0.25) is 9.78 Å². The number of amides is 1. The van der Waals surface area contributed by atoms with E-state index in [0.717, 1.165) is 18.1 Å². The molecule has 22 heavy (non-hydrogen) atoms. The minimum atomic E-state index is -0.625. The molecule has 0 aliphatic carbocycles. The summed E-state index contributed by atoms with van der Waals surface area (Å²) in [5, 5.41) is 3.14. The molecule has 0 aliphatic rings. The molecular formula is C17H18ClFN2O. The van der Waals surface area contributed by atoms with Gasteiger partial charge in [0, 0.05) is 17.4 Å². The van der Waals surface area contributed by atoms with Crippen LogP contribution in [0.25, 0.3) is 0 Å². The lowest BCUT2D eigenvalue weighted by molar-refractivity contribution is 0.0928. The highest BCUT2D eigenvalue weighted by Gasteiger charge is 2.19. The number of nitrogens with one attached hydrogen (secondary N) is 1. The van der Waals surface area contributed by atoms with Crippen molar-refractivity contribution in [1.82, 2.24) is 10.3 Å². The first kappa shape index (κ1) is 16.4. The summed E-state index contributed by atoms with van der Waals surface area (Å²) in [6.07, 6.45) is 4.13. The first-order valence-corrected chi connectivity index (χ1v) is 7.51. The van der Waals surface area contributed by atoms with Gasteiger partial charge in [0.25, 0.3) is 5.91 Å². The van der Waals surface area contributed by atoms with Crippen LogP contribution >= 0.6 is 11.6 Å². The second kappa shape index (κ2) is 7.36. The van der Waals surface area contributed by atoms with Gasteiger partial charge in [0.1, 0.15) is 5.82 Å². The number of halogens is 2. The predicted octanol–water partition coefficient (Wildman–Crippen LogP) is 4.39. The molecule has 1 N–H and O–H groups in total. The van der Waals surface area contributed by atoms with E-state index in [9.17, 15) is 9.18 Å². The highest BCUT2D eigenvalue weighted by Crippen LogP contribution is 2.22. The fraction of sp³-hybridized carbons (Fsp3) is 0.294. The Bertz CT molecular complexity index is 646. The summed E-state index contributed by atoms with van der Waals surface area (Å²) in [7, 11) is 0. The van der Waals surface area contributed by atoms with Crippen molar-refractivity contribution in [2.75, 3.05) is 0 Å². The molecule has 0 aliphatic heterocycles. The van der Waals surface area contributed by atoms with Crippen molar-refractivity contribution in [2.45, 2.75) is 26.3 Å². The molecule has 0 fully saturated rings. The van der Waals surface area contributed by atoms with Gasteiger partial charge in [-0.1, -0.05) is 31.5 Å². The number of aromatic nitrogens is 1. The second-order valence-corrected chi connectivity index (χ2v) is 6.00. The van der Waals surface area contributed by atoms with Crippen LogP contribution < -0.4 is 5.32 Å². The summed E-state index contributed by atoms with van der Waals surface area (Å²) in [6, 6.07) is 7.54. The van der Waals surface area contributed by atoms with E-state index in [1.807, 2.05) is 12.1 Å². The van der Waals surface area contributed by atoms with Crippen LogP contribution in [0.5, 0.6) is 0 Å². The Morgan fingerprint density at radius 1 is 1.36 bits per heavy atom. The third-order valence-corrected chi connectivity index (χ3v) is 3.51. The first-order valence-electron chi connectivity index (χ1n) is 7.13. The van der Waals surface area contributed by atoms with Crippen LogP contribution in [-0.4, -0.2) is 10.9 Å². The highest BCUT2D eigenvalue weighted by atomic mass is 35.5. The van der Waals surface area contributed by atoms with Crippen molar-refractivity contribution in [3.05, 3.63) is 64.7 Å². The zero-order chi connectivity index (χ0) is 16.1. The molecule has 0 unspecified atom stereocenters. The molecule has 2 rings (SSSR count). The molecule has 116 valence electrons. The molecule has 3 nitrogen and oxygen atoms in total. The summed E-state index contributed by atoms with van der Waals surface area (Å²) >= 11 is 5.71. The molecule has 1 heterocycles. The Labute approximate surface area is 134 Å². The maximum atomic E-state index is 13.9. The zero-order valence-electron chi connectivity index (χ0n) is 12.5. The quantitative estimate of drug-likeness (QED) is 0.887. The van der Waals surface area contributed by atoms with Gasteiger partial charge in [-0.05, 0) is 42.2 Å². The van der Waals surface area contributed by atoms with Crippen molar-refractivity contribution in [2.24, 2.45) is 5.92 Å². The summed E-state index contributed by atoms with van der Waals surface area (Å²) in [5.74, 6) is -0.705. The lowest BCUT2D eigenvalue weighted by Gasteiger charge is -2.21. The third-order valence-electron chi connectivity index (χ3n) is 3.27. The Morgan fingerprint density at radius 2 is 2.14 bits per heavy atom. The van der Waals surface area contributed by atoms with Crippen molar-refractivity contribution >= 4 is 17.5 Å². The van der Waals surface area contributed by atoms with Crippen LogP contribution in [0.15, 0.2) is 42.7 Å². The summed E-state index contributed by atoms with van der Waals surface area (Å²) in [6.45, 7) is 4.14. The van der Waals surface area contributed by atoms with Crippen molar-refractivity contribution in [3.8, 4) is 0 Å². The van der Waals surface area contributed by atoms with E-state index >= 15 is 0 Å². The molecule has 0 saturated carbocycles. The molecule has 2 aromatic rings. The standard InChI is InChI=1S/C17H18ClFN2O/c1-11(2)8-16(12-4-3-7-20-10-12)21-17(22)14-6-5-13(18)9-15(14)19/h3-7,9-11,16H,8H2,1-2H3,(H,21,22)/t16-/m1/s1. The van der Waals surface area contributed by atoms with E-state index in [1.165, 1.54) is 12.1 Å². The minimum absolute atomic E-state index is 0.0120. The van der Waals surface area contributed by atoms with Gasteiger partial charge < -0.3 is 5.32 Å². The largest absolute Gasteiger partial charge is 0.345 e. The smallest absolute Gasteiger partial charge is 0.254 e. The third kappa shape index (κ3) is 4.28. The number of carbonyl (C=O) groups excluding carboxylic acids is 1. The highest BCUT2D eigenvalue weighted by molar-refractivity contribution is 6.30. The van der Waals surface area contributed by atoms with E-state index in [4.69, 9.17) is 11.6 Å². The van der Waals surface area contributed by atoms with Crippen LogP contribution in [0.3, 0.4) is 0 Å². The Balaban J connectivity index is 2.21. The molecule has 0 saturated heterocycles. The summed E-state index contributed by atoms with van der Waals surface area (Å²) < 4.78 is 13.9. The number of hydrogen-bond acceptors (Lipinski definition) is 2. The SMILES string of the molecule is CC(C)C[C@@H](NC(=O)c1ccc(Cl)cc1F)c1cccnc1.